The van der Waals surface area contributed by atoms with Crippen LogP contribution in [0, 0.1) is 6.92 Å². The molecule has 15 heavy (non-hydrogen) atoms. The average molecular weight is 273 g/mol. The van der Waals surface area contributed by atoms with Crippen molar-refractivity contribution in [3.05, 3.63) is 34.9 Å². The van der Waals surface area contributed by atoms with Crippen LogP contribution in [0.4, 0.5) is 0 Å². The van der Waals surface area contributed by atoms with Gasteiger partial charge in [-0.2, -0.15) is 0 Å². The van der Waals surface area contributed by atoms with Gasteiger partial charge in [-0.1, -0.05) is 41.9 Å². The van der Waals surface area contributed by atoms with Crippen LogP contribution in [0.5, 0.6) is 0 Å². The molecule has 0 bridgehead atoms. The van der Waals surface area contributed by atoms with Crippen LogP contribution in [0.3, 0.4) is 0 Å². The van der Waals surface area contributed by atoms with E-state index in [1.165, 1.54) is 7.11 Å². The van der Waals surface area contributed by atoms with E-state index in [0.29, 0.717) is 5.56 Å². The summed E-state index contributed by atoms with van der Waals surface area (Å²) in [7, 11) is 1.39. The van der Waals surface area contributed by atoms with Crippen LogP contribution >= 0.6 is 15.9 Å². The molecule has 0 aliphatic carbocycles. The molecular formula is C12H17BrO2. The highest BCUT2D eigenvalue weighted by molar-refractivity contribution is 9.08. The first-order valence-corrected chi connectivity index (χ1v) is 6.05. The van der Waals surface area contributed by atoms with Crippen molar-refractivity contribution in [3.63, 3.8) is 0 Å². The molecule has 0 amide bonds. The van der Waals surface area contributed by atoms with Crippen LogP contribution in [0.15, 0.2) is 18.2 Å². The second-order valence-corrected chi connectivity index (χ2v) is 3.34. The van der Waals surface area contributed by atoms with Crippen molar-refractivity contribution in [2.45, 2.75) is 26.1 Å². The van der Waals surface area contributed by atoms with E-state index in [-0.39, 0.29) is 5.97 Å². The average Bonchev–Trinajstić information content (AvgIpc) is 2.31. The van der Waals surface area contributed by atoms with Crippen molar-refractivity contribution < 1.29 is 9.53 Å². The minimum absolute atomic E-state index is 0.277. The van der Waals surface area contributed by atoms with Gasteiger partial charge in [0.05, 0.1) is 12.7 Å². The third-order valence-corrected chi connectivity index (χ3v) is 2.51. The van der Waals surface area contributed by atoms with Crippen molar-refractivity contribution in [1.82, 2.24) is 0 Å². The maximum Gasteiger partial charge on any atom is 0.338 e. The summed E-state index contributed by atoms with van der Waals surface area (Å²) in [5.74, 6) is -0.277. The van der Waals surface area contributed by atoms with Gasteiger partial charge in [-0.25, -0.2) is 4.79 Å². The van der Waals surface area contributed by atoms with Crippen LogP contribution in [-0.4, -0.2) is 13.1 Å². The van der Waals surface area contributed by atoms with E-state index in [0.717, 1.165) is 16.5 Å². The molecule has 0 unspecified atom stereocenters. The number of aryl methyl sites for hydroxylation is 1. The lowest BCUT2D eigenvalue weighted by Gasteiger charge is -2.04. The Bertz CT molecular complexity index is 321. The monoisotopic (exact) mass is 272 g/mol. The standard InChI is InChI=1S/C10H11BrO2.C2H6/c1-7-3-4-8(6-11)5-9(7)10(12)13-2;1-2/h3-5H,6H2,1-2H3;1-2H3. The van der Waals surface area contributed by atoms with Crippen molar-refractivity contribution >= 4 is 21.9 Å². The lowest BCUT2D eigenvalue weighted by molar-refractivity contribution is 0.0600. The zero-order chi connectivity index (χ0) is 11.8. The Morgan fingerprint density at radius 3 is 2.47 bits per heavy atom. The fraction of sp³-hybridized carbons (Fsp3) is 0.417. The summed E-state index contributed by atoms with van der Waals surface area (Å²) < 4.78 is 4.66. The molecule has 0 atom stereocenters. The molecular weight excluding hydrogens is 256 g/mol. The zero-order valence-electron chi connectivity index (χ0n) is 9.63. The first-order valence-electron chi connectivity index (χ1n) is 4.93. The first-order chi connectivity index (χ1) is 7.19. The fourth-order valence-corrected chi connectivity index (χ4v) is 1.43. The number of hydrogen-bond acceptors (Lipinski definition) is 2. The Kier molecular flexibility index (Phi) is 7.05. The van der Waals surface area contributed by atoms with Gasteiger partial charge in [-0.15, -0.1) is 0 Å². The molecule has 0 spiro atoms. The van der Waals surface area contributed by atoms with E-state index in [1.54, 1.807) is 0 Å². The number of ether oxygens (including phenoxy) is 1. The highest BCUT2D eigenvalue weighted by Crippen LogP contribution is 2.14. The predicted molar refractivity (Wildman–Crippen MR) is 66.5 cm³/mol. The molecule has 0 fully saturated rings. The smallest absolute Gasteiger partial charge is 0.338 e. The molecule has 0 saturated carbocycles. The Balaban J connectivity index is 0.000000921. The minimum atomic E-state index is -0.277. The van der Waals surface area contributed by atoms with Gasteiger partial charge in [0.15, 0.2) is 0 Å². The molecule has 0 radical (unpaired) electrons. The molecule has 0 aliphatic rings. The Morgan fingerprint density at radius 1 is 1.40 bits per heavy atom. The molecule has 0 aliphatic heterocycles. The van der Waals surface area contributed by atoms with Crippen molar-refractivity contribution in [3.8, 4) is 0 Å². The minimum Gasteiger partial charge on any atom is -0.465 e. The second kappa shape index (κ2) is 7.46. The van der Waals surface area contributed by atoms with Gasteiger partial charge in [0.2, 0.25) is 0 Å². The Hall–Kier alpha value is -0.830. The van der Waals surface area contributed by atoms with Gasteiger partial charge in [0.1, 0.15) is 0 Å². The molecule has 3 heteroatoms. The van der Waals surface area contributed by atoms with Gasteiger partial charge in [-0.3, -0.25) is 0 Å². The van der Waals surface area contributed by atoms with E-state index < -0.39 is 0 Å². The summed E-state index contributed by atoms with van der Waals surface area (Å²) in [4.78, 5) is 11.3. The fourth-order valence-electron chi connectivity index (χ4n) is 1.08. The summed E-state index contributed by atoms with van der Waals surface area (Å²) in [5, 5.41) is 0.747. The maximum atomic E-state index is 11.3. The quantitative estimate of drug-likeness (QED) is 0.606. The number of rotatable bonds is 2. The number of halogens is 1. The van der Waals surface area contributed by atoms with Gasteiger partial charge in [-0.05, 0) is 24.1 Å². The third-order valence-electron chi connectivity index (χ3n) is 1.86. The van der Waals surface area contributed by atoms with Crippen LogP contribution in [0.25, 0.3) is 0 Å². The number of hydrogen-bond donors (Lipinski definition) is 0. The zero-order valence-corrected chi connectivity index (χ0v) is 11.2. The number of alkyl halides is 1. The summed E-state index contributed by atoms with van der Waals surface area (Å²) >= 11 is 3.34. The lowest BCUT2D eigenvalue weighted by Crippen LogP contribution is -2.04. The van der Waals surface area contributed by atoms with Gasteiger partial charge < -0.3 is 4.74 Å². The van der Waals surface area contributed by atoms with E-state index >= 15 is 0 Å². The van der Waals surface area contributed by atoms with E-state index in [2.05, 4.69) is 20.7 Å². The molecule has 0 saturated heterocycles. The normalized spacial score (nSPS) is 8.87. The first kappa shape index (κ1) is 14.2. The second-order valence-electron chi connectivity index (χ2n) is 2.77. The van der Waals surface area contributed by atoms with E-state index in [4.69, 9.17) is 0 Å². The van der Waals surface area contributed by atoms with E-state index in [1.807, 2.05) is 39.0 Å². The van der Waals surface area contributed by atoms with Crippen LogP contribution in [-0.2, 0) is 10.1 Å². The van der Waals surface area contributed by atoms with Crippen LogP contribution in [0.1, 0.15) is 35.3 Å². The lowest BCUT2D eigenvalue weighted by atomic mass is 10.1. The number of methoxy groups -OCH3 is 1. The third kappa shape index (κ3) is 4.04. The summed E-state index contributed by atoms with van der Waals surface area (Å²) in [6.07, 6.45) is 0. The summed E-state index contributed by atoms with van der Waals surface area (Å²) in [6.45, 7) is 5.89. The van der Waals surface area contributed by atoms with Gasteiger partial charge in [0.25, 0.3) is 0 Å². The molecule has 0 aromatic heterocycles. The summed E-state index contributed by atoms with van der Waals surface area (Å²) in [6, 6.07) is 5.75. The number of carbonyl (C=O) groups is 1. The van der Waals surface area contributed by atoms with Gasteiger partial charge in [0, 0.05) is 5.33 Å². The Labute approximate surface area is 99.8 Å². The van der Waals surface area contributed by atoms with Crippen LogP contribution in [0.2, 0.25) is 0 Å². The highest BCUT2D eigenvalue weighted by Gasteiger charge is 2.08. The molecule has 1 aromatic rings. The Morgan fingerprint density at radius 2 is 2.00 bits per heavy atom. The van der Waals surface area contributed by atoms with Crippen LogP contribution < -0.4 is 0 Å². The molecule has 84 valence electrons. The summed E-state index contributed by atoms with van der Waals surface area (Å²) in [5.41, 5.74) is 2.65. The van der Waals surface area contributed by atoms with E-state index in [9.17, 15) is 4.79 Å². The molecule has 1 aromatic carbocycles. The highest BCUT2D eigenvalue weighted by atomic mass is 79.9. The number of carbonyl (C=O) groups excluding carboxylic acids is 1. The van der Waals surface area contributed by atoms with Crippen molar-refractivity contribution in [1.29, 1.82) is 0 Å². The van der Waals surface area contributed by atoms with Gasteiger partial charge >= 0.3 is 5.97 Å². The topological polar surface area (TPSA) is 26.3 Å². The molecule has 1 rings (SSSR count). The largest absolute Gasteiger partial charge is 0.465 e. The predicted octanol–water partition coefficient (Wildman–Crippen LogP) is 3.70. The number of benzene rings is 1. The SMILES string of the molecule is CC.COC(=O)c1cc(CBr)ccc1C. The maximum absolute atomic E-state index is 11.3. The molecule has 0 heterocycles. The van der Waals surface area contributed by atoms with Crippen molar-refractivity contribution in [2.75, 3.05) is 7.11 Å². The number of esters is 1. The molecule has 2 nitrogen and oxygen atoms in total. The van der Waals surface area contributed by atoms with Crippen molar-refractivity contribution in [2.24, 2.45) is 0 Å². The molecule has 0 N–H and O–H groups in total.